The predicted molar refractivity (Wildman–Crippen MR) is 97.0 cm³/mol. The number of aromatic nitrogens is 2. The number of rotatable bonds is 5. The first kappa shape index (κ1) is 18.2. The molecular weight excluding hydrogens is 358 g/mol. The SMILES string of the molecule is O=C1NCCN(C(=O)Nc2ccnn2Cc2ccccc2Cl)[C@H]1CCO. The van der Waals surface area contributed by atoms with Crippen molar-refractivity contribution in [3.63, 3.8) is 0 Å². The van der Waals surface area contributed by atoms with E-state index < -0.39 is 12.1 Å². The summed E-state index contributed by atoms with van der Waals surface area (Å²) >= 11 is 6.19. The molecule has 26 heavy (non-hydrogen) atoms. The van der Waals surface area contributed by atoms with Crippen molar-refractivity contribution < 1.29 is 14.7 Å². The highest BCUT2D eigenvalue weighted by atomic mass is 35.5. The van der Waals surface area contributed by atoms with E-state index in [0.717, 1.165) is 5.56 Å². The highest BCUT2D eigenvalue weighted by Crippen LogP contribution is 2.19. The summed E-state index contributed by atoms with van der Waals surface area (Å²) < 4.78 is 1.63. The smallest absolute Gasteiger partial charge is 0.323 e. The molecule has 0 saturated carbocycles. The van der Waals surface area contributed by atoms with Crippen LogP contribution in [0.5, 0.6) is 0 Å². The molecule has 3 rings (SSSR count). The number of carbonyl (C=O) groups is 2. The number of carbonyl (C=O) groups excluding carboxylic acids is 2. The van der Waals surface area contributed by atoms with E-state index in [-0.39, 0.29) is 18.9 Å². The summed E-state index contributed by atoms with van der Waals surface area (Å²) in [6.07, 6.45) is 1.78. The first-order valence-electron chi connectivity index (χ1n) is 8.31. The van der Waals surface area contributed by atoms with Crippen molar-refractivity contribution in [2.75, 3.05) is 25.0 Å². The Kier molecular flexibility index (Phi) is 5.75. The van der Waals surface area contributed by atoms with Gasteiger partial charge >= 0.3 is 6.03 Å². The molecule has 3 N–H and O–H groups in total. The third kappa shape index (κ3) is 3.97. The van der Waals surface area contributed by atoms with Crippen LogP contribution in [0, 0.1) is 0 Å². The number of anilines is 1. The number of urea groups is 1. The summed E-state index contributed by atoms with van der Waals surface area (Å²) in [6.45, 7) is 0.989. The molecule has 8 nitrogen and oxygen atoms in total. The lowest BCUT2D eigenvalue weighted by Crippen LogP contribution is -2.58. The van der Waals surface area contributed by atoms with Gasteiger partial charge < -0.3 is 15.3 Å². The van der Waals surface area contributed by atoms with E-state index in [1.165, 1.54) is 4.90 Å². The molecule has 138 valence electrons. The second kappa shape index (κ2) is 8.20. The highest BCUT2D eigenvalue weighted by Gasteiger charge is 2.32. The molecule has 0 spiro atoms. The maximum atomic E-state index is 12.7. The van der Waals surface area contributed by atoms with Crippen LogP contribution in [0.15, 0.2) is 36.5 Å². The van der Waals surface area contributed by atoms with E-state index in [9.17, 15) is 9.59 Å². The quantitative estimate of drug-likeness (QED) is 0.731. The molecule has 1 atom stereocenters. The molecule has 2 aromatic rings. The normalized spacial score (nSPS) is 17.1. The number of nitrogens with zero attached hydrogens (tertiary/aromatic N) is 3. The fourth-order valence-electron chi connectivity index (χ4n) is 2.90. The highest BCUT2D eigenvalue weighted by molar-refractivity contribution is 6.31. The van der Waals surface area contributed by atoms with Crippen LogP contribution in [-0.2, 0) is 11.3 Å². The van der Waals surface area contributed by atoms with Crippen molar-refractivity contribution >= 4 is 29.4 Å². The predicted octanol–water partition coefficient (Wildman–Crippen LogP) is 1.30. The second-order valence-corrected chi connectivity index (χ2v) is 6.32. The summed E-state index contributed by atoms with van der Waals surface area (Å²) in [5.74, 6) is 0.244. The lowest BCUT2D eigenvalue weighted by Gasteiger charge is -2.34. The van der Waals surface area contributed by atoms with Gasteiger partial charge in [-0.2, -0.15) is 5.10 Å². The van der Waals surface area contributed by atoms with Gasteiger partial charge in [0.05, 0.1) is 12.7 Å². The lowest BCUT2D eigenvalue weighted by molar-refractivity contribution is -0.128. The number of hydrogen-bond acceptors (Lipinski definition) is 4. The van der Waals surface area contributed by atoms with E-state index in [1.807, 2.05) is 18.2 Å². The summed E-state index contributed by atoms with van der Waals surface area (Å²) in [5.41, 5.74) is 0.879. The van der Waals surface area contributed by atoms with Crippen molar-refractivity contribution in [1.82, 2.24) is 20.0 Å². The van der Waals surface area contributed by atoms with Gasteiger partial charge in [-0.15, -0.1) is 0 Å². The largest absolute Gasteiger partial charge is 0.396 e. The summed E-state index contributed by atoms with van der Waals surface area (Å²) in [5, 5.41) is 19.5. The van der Waals surface area contributed by atoms with Crippen LogP contribution in [-0.4, -0.2) is 57.5 Å². The fourth-order valence-corrected chi connectivity index (χ4v) is 3.10. The molecule has 1 aromatic carbocycles. The molecule has 1 aromatic heterocycles. The fraction of sp³-hybridized carbons (Fsp3) is 0.353. The second-order valence-electron chi connectivity index (χ2n) is 5.91. The zero-order chi connectivity index (χ0) is 18.5. The summed E-state index contributed by atoms with van der Waals surface area (Å²) in [6, 6.07) is 8.01. The number of benzene rings is 1. The number of aliphatic hydroxyl groups is 1. The van der Waals surface area contributed by atoms with Crippen LogP contribution in [0.3, 0.4) is 0 Å². The average molecular weight is 378 g/mol. The third-order valence-corrected chi connectivity index (χ3v) is 4.59. The number of nitrogens with one attached hydrogen (secondary N) is 2. The molecule has 0 bridgehead atoms. The van der Waals surface area contributed by atoms with Crippen LogP contribution in [0.2, 0.25) is 5.02 Å². The third-order valence-electron chi connectivity index (χ3n) is 4.22. The van der Waals surface area contributed by atoms with E-state index in [4.69, 9.17) is 16.7 Å². The summed E-state index contributed by atoms with van der Waals surface area (Å²) in [7, 11) is 0. The number of aliphatic hydroxyl groups excluding tert-OH is 1. The van der Waals surface area contributed by atoms with Gasteiger partial charge in [-0.05, 0) is 18.1 Å². The van der Waals surface area contributed by atoms with Crippen molar-refractivity contribution in [3.8, 4) is 0 Å². The molecule has 1 aliphatic heterocycles. The number of halogens is 1. The topological polar surface area (TPSA) is 99.5 Å². The zero-order valence-electron chi connectivity index (χ0n) is 14.1. The lowest BCUT2D eigenvalue weighted by atomic mass is 10.1. The zero-order valence-corrected chi connectivity index (χ0v) is 14.8. The Bertz CT molecular complexity index is 794. The molecule has 9 heteroatoms. The first-order chi connectivity index (χ1) is 12.6. The molecule has 2 heterocycles. The van der Waals surface area contributed by atoms with Crippen LogP contribution in [0.1, 0.15) is 12.0 Å². The van der Waals surface area contributed by atoms with Crippen LogP contribution >= 0.6 is 11.6 Å². The van der Waals surface area contributed by atoms with Gasteiger partial charge in [-0.1, -0.05) is 29.8 Å². The molecule has 3 amide bonds. The van der Waals surface area contributed by atoms with Crippen molar-refractivity contribution in [2.45, 2.75) is 19.0 Å². The van der Waals surface area contributed by atoms with E-state index in [1.54, 1.807) is 23.0 Å². The number of hydrogen-bond donors (Lipinski definition) is 3. The Balaban J connectivity index is 1.73. The maximum Gasteiger partial charge on any atom is 0.323 e. The molecule has 1 saturated heterocycles. The minimum Gasteiger partial charge on any atom is -0.396 e. The van der Waals surface area contributed by atoms with Crippen molar-refractivity contribution in [3.05, 3.63) is 47.1 Å². The van der Waals surface area contributed by atoms with Gasteiger partial charge in [0.1, 0.15) is 11.9 Å². The Labute approximate surface area is 155 Å². The first-order valence-corrected chi connectivity index (χ1v) is 8.69. The minimum absolute atomic E-state index is 0.174. The Morgan fingerprint density at radius 1 is 1.38 bits per heavy atom. The number of piperazine rings is 1. The molecule has 0 radical (unpaired) electrons. The molecule has 0 unspecified atom stereocenters. The van der Waals surface area contributed by atoms with Gasteiger partial charge in [0.2, 0.25) is 5.91 Å². The monoisotopic (exact) mass is 377 g/mol. The summed E-state index contributed by atoms with van der Waals surface area (Å²) in [4.78, 5) is 26.1. The van der Waals surface area contributed by atoms with Gasteiger partial charge in [-0.25, -0.2) is 9.48 Å². The Hall–Kier alpha value is -2.58. The van der Waals surface area contributed by atoms with Gasteiger partial charge in [-0.3, -0.25) is 10.1 Å². The molecule has 1 aliphatic rings. The van der Waals surface area contributed by atoms with Gasteiger partial charge in [0.25, 0.3) is 0 Å². The van der Waals surface area contributed by atoms with Gasteiger partial charge in [0.15, 0.2) is 0 Å². The van der Waals surface area contributed by atoms with E-state index in [2.05, 4.69) is 15.7 Å². The van der Waals surface area contributed by atoms with Gasteiger partial charge in [0, 0.05) is 30.8 Å². The standard InChI is InChI=1S/C17H20ClN5O3/c18-13-4-2-1-3-12(13)11-23-15(5-7-20-23)21-17(26)22-9-8-19-16(25)14(22)6-10-24/h1-5,7,14,24H,6,8-11H2,(H,19,25)(H,21,26)/t14-/m0/s1. The Morgan fingerprint density at radius 3 is 2.96 bits per heavy atom. The van der Waals surface area contributed by atoms with Crippen molar-refractivity contribution in [1.29, 1.82) is 0 Å². The van der Waals surface area contributed by atoms with E-state index >= 15 is 0 Å². The van der Waals surface area contributed by atoms with E-state index in [0.29, 0.717) is 30.5 Å². The van der Waals surface area contributed by atoms with Crippen LogP contribution < -0.4 is 10.6 Å². The van der Waals surface area contributed by atoms with Crippen LogP contribution in [0.25, 0.3) is 0 Å². The molecular formula is C17H20ClN5O3. The Morgan fingerprint density at radius 2 is 2.19 bits per heavy atom. The maximum absolute atomic E-state index is 12.7. The average Bonchev–Trinajstić information content (AvgIpc) is 3.05. The van der Waals surface area contributed by atoms with Crippen LogP contribution in [0.4, 0.5) is 10.6 Å². The van der Waals surface area contributed by atoms with Crippen molar-refractivity contribution in [2.24, 2.45) is 0 Å². The molecule has 1 fully saturated rings. The molecule has 0 aliphatic carbocycles. The minimum atomic E-state index is -0.686. The number of amides is 3.